The van der Waals surface area contributed by atoms with Gasteiger partial charge in [0, 0.05) is 5.54 Å². The number of benzene rings is 1. The average molecular weight is 506 g/mol. The molecule has 3 amide bonds. The first-order valence-corrected chi connectivity index (χ1v) is 12.1. The van der Waals surface area contributed by atoms with Crippen molar-refractivity contribution in [3.05, 3.63) is 34.9 Å². The molecule has 0 radical (unpaired) electrons. The van der Waals surface area contributed by atoms with Crippen molar-refractivity contribution in [1.82, 2.24) is 15.5 Å². The van der Waals surface area contributed by atoms with Crippen LogP contribution in [-0.2, 0) is 23.9 Å². The van der Waals surface area contributed by atoms with Gasteiger partial charge in [-0.25, -0.2) is 4.79 Å². The van der Waals surface area contributed by atoms with E-state index in [1.807, 2.05) is 66.7 Å². The number of carbonyl (C=O) groups excluding carboxylic acids is 4. The van der Waals surface area contributed by atoms with Crippen molar-refractivity contribution in [2.45, 2.75) is 92.5 Å². The van der Waals surface area contributed by atoms with Gasteiger partial charge in [0.05, 0.1) is 7.11 Å². The fourth-order valence-corrected chi connectivity index (χ4v) is 3.80. The lowest BCUT2D eigenvalue weighted by Gasteiger charge is -2.44. The van der Waals surface area contributed by atoms with Crippen molar-refractivity contribution in [2.24, 2.45) is 5.92 Å². The monoisotopic (exact) mass is 505 g/mol. The fraction of sp³-hybridized carbons (Fsp3) is 0.630. The molecule has 0 spiro atoms. The molecule has 0 aliphatic heterocycles. The van der Waals surface area contributed by atoms with E-state index in [0.29, 0.717) is 5.56 Å². The molecule has 0 bridgehead atoms. The third kappa shape index (κ3) is 8.84. The summed E-state index contributed by atoms with van der Waals surface area (Å²) in [5.41, 5.74) is 0.866. The van der Waals surface area contributed by atoms with Gasteiger partial charge in [-0.15, -0.1) is 0 Å². The van der Waals surface area contributed by atoms with Crippen LogP contribution in [0.5, 0.6) is 0 Å². The molecular formula is C27H43N3O6. The Morgan fingerprint density at radius 3 is 2.03 bits per heavy atom. The van der Waals surface area contributed by atoms with Crippen molar-refractivity contribution < 1.29 is 28.7 Å². The van der Waals surface area contributed by atoms with Crippen LogP contribution in [0.3, 0.4) is 0 Å². The molecule has 0 aliphatic rings. The van der Waals surface area contributed by atoms with Crippen LogP contribution >= 0.6 is 0 Å². The minimum atomic E-state index is -1.07. The highest BCUT2D eigenvalue weighted by atomic mass is 16.6. The lowest BCUT2D eigenvalue weighted by atomic mass is 9.91. The highest BCUT2D eigenvalue weighted by Gasteiger charge is 2.43. The molecule has 2 N–H and O–H groups in total. The van der Waals surface area contributed by atoms with Crippen LogP contribution in [-0.4, -0.2) is 59.6 Å². The van der Waals surface area contributed by atoms with Crippen molar-refractivity contribution in [3.8, 4) is 0 Å². The molecule has 9 heteroatoms. The molecule has 0 saturated heterocycles. The second-order valence-electron chi connectivity index (χ2n) is 11.3. The van der Waals surface area contributed by atoms with Crippen LogP contribution < -0.4 is 10.6 Å². The molecule has 202 valence electrons. The number of methoxy groups -OCH3 is 1. The first kappa shape index (κ1) is 30.9. The van der Waals surface area contributed by atoms with Gasteiger partial charge >= 0.3 is 12.1 Å². The Morgan fingerprint density at radius 1 is 1.00 bits per heavy atom. The summed E-state index contributed by atoms with van der Waals surface area (Å²) in [7, 11) is 1.23. The zero-order valence-corrected chi connectivity index (χ0v) is 23.6. The van der Waals surface area contributed by atoms with Crippen molar-refractivity contribution in [3.63, 3.8) is 0 Å². The number of ether oxygens (including phenoxy) is 2. The van der Waals surface area contributed by atoms with E-state index in [4.69, 9.17) is 4.74 Å². The van der Waals surface area contributed by atoms with Crippen molar-refractivity contribution >= 4 is 23.9 Å². The molecule has 0 heterocycles. The standard InChI is InChI=1S/C27H43N3O6/c1-16(2)21(29-25(34)36-27(8,9)10)24(33)30(26(5,6)7)22(23(32)28-15-20(31)35-11)19-13-12-17(3)14-18(19)4/h12-14,16,21-22H,15H2,1-11H3,(H,28,32)(H,29,34). The Labute approximate surface area is 215 Å². The molecule has 0 aliphatic carbocycles. The van der Waals surface area contributed by atoms with Crippen LogP contribution in [0.25, 0.3) is 0 Å². The van der Waals surface area contributed by atoms with E-state index in [1.165, 1.54) is 12.0 Å². The molecule has 1 aromatic carbocycles. The number of esters is 1. The van der Waals surface area contributed by atoms with E-state index in [1.54, 1.807) is 20.8 Å². The Hall–Kier alpha value is -3.10. The van der Waals surface area contributed by atoms with Gasteiger partial charge in [0.15, 0.2) is 0 Å². The van der Waals surface area contributed by atoms with Gasteiger partial charge in [0.1, 0.15) is 24.2 Å². The number of carbonyl (C=O) groups is 4. The highest BCUT2D eigenvalue weighted by Crippen LogP contribution is 2.33. The summed E-state index contributed by atoms with van der Waals surface area (Å²) < 4.78 is 10.0. The Kier molecular flexibility index (Phi) is 10.5. The second-order valence-corrected chi connectivity index (χ2v) is 11.3. The maximum absolute atomic E-state index is 14.1. The van der Waals surface area contributed by atoms with E-state index >= 15 is 0 Å². The molecular weight excluding hydrogens is 462 g/mol. The maximum atomic E-state index is 14.1. The van der Waals surface area contributed by atoms with Crippen LogP contribution in [0.4, 0.5) is 4.79 Å². The van der Waals surface area contributed by atoms with E-state index in [2.05, 4.69) is 15.4 Å². The van der Waals surface area contributed by atoms with E-state index in [-0.39, 0.29) is 12.5 Å². The Balaban J connectivity index is 3.60. The summed E-state index contributed by atoms with van der Waals surface area (Å²) in [6, 6.07) is 3.59. The summed E-state index contributed by atoms with van der Waals surface area (Å²) in [5.74, 6) is -1.88. The SMILES string of the molecule is COC(=O)CNC(=O)C(c1ccc(C)cc1C)N(C(=O)C(NC(=O)OC(C)(C)C)C(C)C)C(C)(C)C. The quantitative estimate of drug-likeness (QED) is 0.520. The highest BCUT2D eigenvalue weighted by molar-refractivity contribution is 5.94. The lowest BCUT2D eigenvalue weighted by Crippen LogP contribution is -2.60. The maximum Gasteiger partial charge on any atom is 0.408 e. The molecule has 36 heavy (non-hydrogen) atoms. The van der Waals surface area contributed by atoms with Gasteiger partial charge in [-0.05, 0) is 72.4 Å². The number of amides is 3. The third-order valence-corrected chi connectivity index (χ3v) is 5.43. The molecule has 0 saturated carbocycles. The smallest absolute Gasteiger partial charge is 0.408 e. The summed E-state index contributed by atoms with van der Waals surface area (Å²) in [6.45, 7) is 17.8. The van der Waals surface area contributed by atoms with Gasteiger partial charge in [-0.2, -0.15) is 0 Å². The predicted octanol–water partition coefficient (Wildman–Crippen LogP) is 3.81. The minimum Gasteiger partial charge on any atom is -0.468 e. The van der Waals surface area contributed by atoms with Crippen LogP contribution in [0, 0.1) is 19.8 Å². The van der Waals surface area contributed by atoms with Gasteiger partial charge in [-0.1, -0.05) is 37.6 Å². The topological polar surface area (TPSA) is 114 Å². The molecule has 2 unspecified atom stereocenters. The van der Waals surface area contributed by atoms with Gasteiger partial charge in [-0.3, -0.25) is 14.4 Å². The van der Waals surface area contributed by atoms with Crippen molar-refractivity contribution in [2.75, 3.05) is 13.7 Å². The predicted molar refractivity (Wildman–Crippen MR) is 138 cm³/mol. The summed E-state index contributed by atoms with van der Waals surface area (Å²) in [4.78, 5) is 53.5. The van der Waals surface area contributed by atoms with Crippen LogP contribution in [0.2, 0.25) is 0 Å². The zero-order valence-electron chi connectivity index (χ0n) is 23.6. The molecule has 1 rings (SSSR count). The van der Waals surface area contributed by atoms with Crippen LogP contribution in [0.1, 0.15) is 78.1 Å². The normalized spacial score (nSPS) is 13.4. The number of rotatable bonds is 8. The minimum absolute atomic E-state index is 0.298. The third-order valence-electron chi connectivity index (χ3n) is 5.43. The lowest BCUT2D eigenvalue weighted by molar-refractivity contribution is -0.150. The average Bonchev–Trinajstić information content (AvgIpc) is 2.71. The summed E-state index contributed by atoms with van der Waals surface area (Å²) in [6.07, 6.45) is -0.721. The van der Waals surface area contributed by atoms with E-state index in [0.717, 1.165) is 11.1 Å². The summed E-state index contributed by atoms with van der Waals surface area (Å²) in [5, 5.41) is 5.30. The summed E-state index contributed by atoms with van der Waals surface area (Å²) >= 11 is 0. The van der Waals surface area contributed by atoms with Gasteiger partial charge < -0.3 is 25.0 Å². The van der Waals surface area contributed by atoms with Gasteiger partial charge in [0.25, 0.3) is 0 Å². The second kappa shape index (κ2) is 12.2. The number of aryl methyl sites for hydroxylation is 2. The Bertz CT molecular complexity index is 959. The fourth-order valence-electron chi connectivity index (χ4n) is 3.80. The molecule has 2 atom stereocenters. The number of alkyl carbamates (subject to hydrolysis) is 1. The number of hydrogen-bond donors (Lipinski definition) is 2. The first-order chi connectivity index (χ1) is 16.4. The molecule has 0 fully saturated rings. The number of hydrogen-bond acceptors (Lipinski definition) is 6. The number of nitrogens with one attached hydrogen (secondary N) is 2. The van der Waals surface area contributed by atoms with Gasteiger partial charge in [0.2, 0.25) is 11.8 Å². The van der Waals surface area contributed by atoms with E-state index in [9.17, 15) is 19.2 Å². The number of nitrogens with zero attached hydrogens (tertiary/aromatic N) is 1. The first-order valence-electron chi connectivity index (χ1n) is 12.1. The molecule has 9 nitrogen and oxygen atoms in total. The van der Waals surface area contributed by atoms with Crippen molar-refractivity contribution in [1.29, 1.82) is 0 Å². The molecule has 0 aromatic heterocycles. The largest absolute Gasteiger partial charge is 0.468 e. The molecule has 1 aromatic rings. The Morgan fingerprint density at radius 2 is 1.58 bits per heavy atom. The van der Waals surface area contributed by atoms with E-state index < -0.39 is 47.1 Å². The zero-order chi connectivity index (χ0) is 28.0. The van der Waals surface area contributed by atoms with Crippen LogP contribution in [0.15, 0.2) is 18.2 Å².